The van der Waals surface area contributed by atoms with Crippen molar-refractivity contribution in [1.29, 1.82) is 0 Å². The van der Waals surface area contributed by atoms with E-state index in [0.717, 1.165) is 22.2 Å². The Morgan fingerprint density at radius 3 is 2.83 bits per heavy atom. The number of para-hydroxylation sites is 1. The molecule has 0 aliphatic carbocycles. The third-order valence-corrected chi connectivity index (χ3v) is 4.84. The molecule has 152 valence electrons. The molecule has 0 amide bonds. The zero-order valence-corrected chi connectivity index (χ0v) is 16.7. The van der Waals surface area contributed by atoms with Gasteiger partial charge in [-0.15, -0.1) is 0 Å². The molecule has 2 heterocycles. The number of fused-ring (bicyclic) bond motifs is 1. The fourth-order valence-electron chi connectivity index (χ4n) is 3.20. The quantitative estimate of drug-likeness (QED) is 0.401. The van der Waals surface area contributed by atoms with E-state index in [1.165, 1.54) is 0 Å². The van der Waals surface area contributed by atoms with Gasteiger partial charge in [-0.2, -0.15) is 0 Å². The van der Waals surface area contributed by atoms with Crippen LogP contribution in [0.1, 0.15) is 16.7 Å². The first-order valence-electron chi connectivity index (χ1n) is 9.35. The van der Waals surface area contributed by atoms with Gasteiger partial charge in [0, 0.05) is 40.5 Å². The van der Waals surface area contributed by atoms with Crippen molar-refractivity contribution in [3.05, 3.63) is 88.9 Å². The van der Waals surface area contributed by atoms with E-state index >= 15 is 0 Å². The molecule has 7 heteroatoms. The molecule has 0 saturated heterocycles. The minimum absolute atomic E-state index is 0.101. The summed E-state index contributed by atoms with van der Waals surface area (Å²) in [5, 5.41) is 13.8. The second kappa shape index (κ2) is 8.88. The molecular formula is C23H19ClN2O4. The number of aliphatic carboxylic acids is 1. The predicted octanol–water partition coefficient (Wildman–Crippen LogP) is 5.30. The average Bonchev–Trinajstić information content (AvgIpc) is 3.14. The molecule has 6 nitrogen and oxygen atoms in total. The molecule has 0 atom stereocenters. The Morgan fingerprint density at radius 1 is 1.17 bits per heavy atom. The number of aromatic nitrogens is 1. The van der Waals surface area contributed by atoms with E-state index in [4.69, 9.17) is 25.9 Å². The van der Waals surface area contributed by atoms with Crippen LogP contribution in [-0.2, 0) is 24.4 Å². The van der Waals surface area contributed by atoms with E-state index in [-0.39, 0.29) is 13.0 Å². The molecule has 0 aliphatic heterocycles. The molecule has 0 fully saturated rings. The summed E-state index contributed by atoms with van der Waals surface area (Å²) in [5.41, 5.74) is 3.94. The van der Waals surface area contributed by atoms with Crippen molar-refractivity contribution in [2.24, 2.45) is 0 Å². The molecule has 2 aromatic carbocycles. The molecule has 4 aromatic rings. The third-order valence-electron chi connectivity index (χ3n) is 4.62. The molecule has 4 rings (SSSR count). The number of pyridine rings is 1. The molecule has 0 bridgehead atoms. The van der Waals surface area contributed by atoms with E-state index in [0.29, 0.717) is 28.5 Å². The SMILES string of the molecule is O=C(O)Cc1ccccc1OCc1coc2c(NCc3cccnc3)cc(Cl)cc12. The number of nitrogens with one attached hydrogen (secondary N) is 1. The summed E-state index contributed by atoms with van der Waals surface area (Å²) in [6.45, 7) is 0.810. The fourth-order valence-corrected chi connectivity index (χ4v) is 3.42. The highest BCUT2D eigenvalue weighted by molar-refractivity contribution is 6.31. The number of halogens is 1. The Hall–Kier alpha value is -3.51. The van der Waals surface area contributed by atoms with Crippen LogP contribution in [0, 0.1) is 0 Å². The number of furan rings is 1. The lowest BCUT2D eigenvalue weighted by molar-refractivity contribution is -0.136. The summed E-state index contributed by atoms with van der Waals surface area (Å²) in [4.78, 5) is 15.2. The number of carbonyl (C=O) groups is 1. The summed E-state index contributed by atoms with van der Waals surface area (Å²) in [6.07, 6.45) is 5.06. The van der Waals surface area contributed by atoms with Crippen molar-refractivity contribution < 1.29 is 19.1 Å². The lowest BCUT2D eigenvalue weighted by atomic mass is 10.1. The van der Waals surface area contributed by atoms with E-state index in [1.54, 1.807) is 36.9 Å². The zero-order valence-electron chi connectivity index (χ0n) is 16.0. The number of hydrogen-bond donors (Lipinski definition) is 2. The number of rotatable bonds is 8. The maximum atomic E-state index is 11.1. The molecule has 0 aliphatic rings. The van der Waals surface area contributed by atoms with Crippen molar-refractivity contribution in [1.82, 2.24) is 4.98 Å². The van der Waals surface area contributed by atoms with Crippen LogP contribution in [-0.4, -0.2) is 16.1 Å². The van der Waals surface area contributed by atoms with Crippen LogP contribution >= 0.6 is 11.6 Å². The van der Waals surface area contributed by atoms with Crippen molar-refractivity contribution in [3.63, 3.8) is 0 Å². The number of carboxylic acid groups (broad SMARTS) is 1. The van der Waals surface area contributed by atoms with Gasteiger partial charge in [0.2, 0.25) is 0 Å². The van der Waals surface area contributed by atoms with E-state index in [9.17, 15) is 4.79 Å². The number of carboxylic acids is 1. The number of hydrogen-bond acceptors (Lipinski definition) is 5. The first-order chi connectivity index (χ1) is 14.6. The van der Waals surface area contributed by atoms with Crippen LogP contribution in [0.2, 0.25) is 5.02 Å². The van der Waals surface area contributed by atoms with Gasteiger partial charge in [0.15, 0.2) is 5.58 Å². The van der Waals surface area contributed by atoms with Crippen molar-refractivity contribution in [2.45, 2.75) is 19.6 Å². The largest absolute Gasteiger partial charge is 0.488 e. The highest BCUT2D eigenvalue weighted by Gasteiger charge is 2.14. The fraction of sp³-hybridized carbons (Fsp3) is 0.130. The van der Waals surface area contributed by atoms with Gasteiger partial charge in [-0.25, -0.2) is 0 Å². The topological polar surface area (TPSA) is 84.6 Å². The van der Waals surface area contributed by atoms with Gasteiger partial charge in [0.05, 0.1) is 18.4 Å². The van der Waals surface area contributed by atoms with Crippen molar-refractivity contribution in [2.75, 3.05) is 5.32 Å². The molecule has 2 aromatic heterocycles. The van der Waals surface area contributed by atoms with E-state index in [2.05, 4.69) is 10.3 Å². The molecule has 0 saturated carbocycles. The number of nitrogens with zero attached hydrogens (tertiary/aromatic N) is 1. The first kappa shape index (κ1) is 19.8. The highest BCUT2D eigenvalue weighted by Crippen LogP contribution is 2.33. The summed E-state index contributed by atoms with van der Waals surface area (Å²) >= 11 is 6.33. The lowest BCUT2D eigenvalue weighted by Crippen LogP contribution is -2.04. The Kier molecular flexibility index (Phi) is 5.86. The monoisotopic (exact) mass is 422 g/mol. The molecule has 0 unspecified atom stereocenters. The maximum absolute atomic E-state index is 11.1. The van der Waals surface area contributed by atoms with Crippen LogP contribution in [0.5, 0.6) is 5.75 Å². The summed E-state index contributed by atoms with van der Waals surface area (Å²) in [7, 11) is 0. The standard InChI is InChI=1S/C23H19ClN2O4/c24-18-9-19-17(13-29-21-6-2-1-5-16(21)8-22(27)28)14-30-23(19)20(10-18)26-12-15-4-3-7-25-11-15/h1-7,9-11,14,26H,8,12-13H2,(H,27,28). The van der Waals surface area contributed by atoms with E-state index < -0.39 is 5.97 Å². The predicted molar refractivity (Wildman–Crippen MR) is 115 cm³/mol. The Balaban J connectivity index is 1.55. The first-order valence-corrected chi connectivity index (χ1v) is 9.73. The van der Waals surface area contributed by atoms with Crippen LogP contribution in [0.15, 0.2) is 71.6 Å². The minimum Gasteiger partial charge on any atom is -0.488 e. The third kappa shape index (κ3) is 4.55. The van der Waals surface area contributed by atoms with Crippen molar-refractivity contribution in [3.8, 4) is 5.75 Å². The second-order valence-corrected chi connectivity index (χ2v) is 7.21. The summed E-state index contributed by atoms with van der Waals surface area (Å²) in [6, 6.07) is 14.6. The molecule has 0 radical (unpaired) electrons. The zero-order chi connectivity index (χ0) is 20.9. The average molecular weight is 423 g/mol. The van der Waals surface area contributed by atoms with Gasteiger partial charge in [0.1, 0.15) is 12.4 Å². The Morgan fingerprint density at radius 2 is 2.03 bits per heavy atom. The smallest absolute Gasteiger partial charge is 0.307 e. The van der Waals surface area contributed by atoms with Crippen LogP contribution in [0.4, 0.5) is 5.69 Å². The van der Waals surface area contributed by atoms with Crippen LogP contribution < -0.4 is 10.1 Å². The summed E-state index contributed by atoms with van der Waals surface area (Å²) < 4.78 is 11.7. The maximum Gasteiger partial charge on any atom is 0.307 e. The van der Waals surface area contributed by atoms with Gasteiger partial charge in [-0.05, 0) is 29.8 Å². The number of anilines is 1. The molecular weight excluding hydrogens is 404 g/mol. The van der Waals surface area contributed by atoms with Crippen LogP contribution in [0.3, 0.4) is 0 Å². The second-order valence-electron chi connectivity index (χ2n) is 6.77. The van der Waals surface area contributed by atoms with Gasteiger partial charge >= 0.3 is 5.97 Å². The van der Waals surface area contributed by atoms with E-state index in [1.807, 2.05) is 30.3 Å². The molecule has 0 spiro atoms. The lowest BCUT2D eigenvalue weighted by Gasteiger charge is -2.10. The Labute approximate surface area is 178 Å². The normalized spacial score (nSPS) is 10.8. The molecule has 2 N–H and O–H groups in total. The van der Waals surface area contributed by atoms with Gasteiger partial charge in [-0.3, -0.25) is 9.78 Å². The Bertz CT molecular complexity index is 1170. The summed E-state index contributed by atoms with van der Waals surface area (Å²) in [5.74, 6) is -0.373. The van der Waals surface area contributed by atoms with Gasteiger partial charge < -0.3 is 19.6 Å². The molecule has 30 heavy (non-hydrogen) atoms. The van der Waals surface area contributed by atoms with Gasteiger partial charge in [0.25, 0.3) is 0 Å². The highest BCUT2D eigenvalue weighted by atomic mass is 35.5. The van der Waals surface area contributed by atoms with Gasteiger partial charge in [-0.1, -0.05) is 35.9 Å². The minimum atomic E-state index is -0.907. The van der Waals surface area contributed by atoms with Crippen molar-refractivity contribution >= 4 is 34.2 Å². The number of ether oxygens (including phenoxy) is 1. The van der Waals surface area contributed by atoms with Crippen LogP contribution in [0.25, 0.3) is 11.0 Å². The number of benzene rings is 2.